The monoisotopic (exact) mass is 228 g/mol. The van der Waals surface area contributed by atoms with Gasteiger partial charge in [-0.2, -0.15) is 0 Å². The maximum Gasteiger partial charge on any atom is 0.168 e. The average Bonchev–Trinajstić information content (AvgIpc) is 2.96. The summed E-state index contributed by atoms with van der Waals surface area (Å²) in [5.74, 6) is 0.379. The van der Waals surface area contributed by atoms with E-state index >= 15 is 0 Å². The molecule has 1 fully saturated rings. The molecule has 1 heteroatoms. The zero-order valence-corrected chi connectivity index (χ0v) is 10.6. The number of hydrogen-bond donors (Lipinski definition) is 0. The molecule has 0 aliphatic heterocycles. The van der Waals surface area contributed by atoms with Gasteiger partial charge in [0.15, 0.2) is 5.78 Å². The smallest absolute Gasteiger partial charge is 0.168 e. The normalized spacial score (nSPS) is 21.5. The molecule has 0 saturated heterocycles. The molecule has 0 heterocycles. The molecule has 2 aliphatic carbocycles. The van der Waals surface area contributed by atoms with Gasteiger partial charge in [0.25, 0.3) is 0 Å². The van der Waals surface area contributed by atoms with Gasteiger partial charge in [0.05, 0.1) is 0 Å². The first-order valence-electron chi connectivity index (χ1n) is 6.86. The number of carbonyl (C=O) groups excluding carboxylic acids is 1. The molecule has 1 nitrogen and oxygen atoms in total. The second-order valence-corrected chi connectivity index (χ2v) is 5.93. The Bertz CT molecular complexity index is 453. The quantitative estimate of drug-likeness (QED) is 0.701. The number of hydrogen-bond acceptors (Lipinski definition) is 1. The summed E-state index contributed by atoms with van der Waals surface area (Å²) in [5, 5.41) is 0. The SMILES string of the molecule is CC1(C(=O)c2ccc3c(c2)CCC3)CCCC1. The first-order valence-corrected chi connectivity index (χ1v) is 6.86. The molecule has 1 aromatic rings. The number of rotatable bonds is 2. The Kier molecular flexibility index (Phi) is 2.57. The van der Waals surface area contributed by atoms with E-state index in [1.807, 2.05) is 0 Å². The van der Waals surface area contributed by atoms with Crippen LogP contribution in [0, 0.1) is 5.41 Å². The number of carbonyl (C=O) groups is 1. The summed E-state index contributed by atoms with van der Waals surface area (Å²) >= 11 is 0. The van der Waals surface area contributed by atoms with Gasteiger partial charge in [-0.1, -0.05) is 31.9 Å². The Morgan fingerprint density at radius 1 is 1.06 bits per heavy atom. The van der Waals surface area contributed by atoms with E-state index in [4.69, 9.17) is 0 Å². The van der Waals surface area contributed by atoms with Crippen LogP contribution in [0.3, 0.4) is 0 Å². The van der Waals surface area contributed by atoms with Crippen molar-refractivity contribution in [1.82, 2.24) is 0 Å². The van der Waals surface area contributed by atoms with E-state index in [9.17, 15) is 4.79 Å². The summed E-state index contributed by atoms with van der Waals surface area (Å²) in [5.41, 5.74) is 3.75. The van der Waals surface area contributed by atoms with Crippen LogP contribution in [-0.4, -0.2) is 5.78 Å². The van der Waals surface area contributed by atoms with Crippen LogP contribution in [0.25, 0.3) is 0 Å². The molecule has 2 aliphatic rings. The van der Waals surface area contributed by atoms with Crippen LogP contribution < -0.4 is 0 Å². The fraction of sp³-hybridized carbons (Fsp3) is 0.562. The molecule has 0 spiro atoms. The third-order valence-electron chi connectivity index (χ3n) is 4.62. The van der Waals surface area contributed by atoms with Gasteiger partial charge in [0, 0.05) is 11.0 Å². The molecule has 90 valence electrons. The fourth-order valence-corrected chi connectivity index (χ4v) is 3.44. The molecule has 1 saturated carbocycles. The second-order valence-electron chi connectivity index (χ2n) is 5.93. The van der Waals surface area contributed by atoms with E-state index in [0.29, 0.717) is 5.78 Å². The molecular formula is C16H20O. The Morgan fingerprint density at radius 3 is 2.53 bits per heavy atom. The largest absolute Gasteiger partial charge is 0.294 e. The lowest BCUT2D eigenvalue weighted by Crippen LogP contribution is -2.24. The Balaban J connectivity index is 1.91. The highest BCUT2D eigenvalue weighted by atomic mass is 16.1. The third-order valence-corrected chi connectivity index (χ3v) is 4.62. The summed E-state index contributed by atoms with van der Waals surface area (Å²) in [7, 11) is 0. The van der Waals surface area contributed by atoms with Crippen LogP contribution >= 0.6 is 0 Å². The number of aryl methyl sites for hydroxylation is 2. The standard InChI is InChI=1S/C16H20O/c1-16(9-2-3-10-16)15(17)14-8-7-12-5-4-6-13(12)11-14/h7-8,11H,2-6,9-10H2,1H3. The minimum absolute atomic E-state index is 0.0765. The maximum absolute atomic E-state index is 12.6. The highest BCUT2D eigenvalue weighted by Crippen LogP contribution is 2.40. The lowest BCUT2D eigenvalue weighted by Gasteiger charge is -2.22. The molecule has 0 radical (unpaired) electrons. The molecule has 0 amide bonds. The molecule has 0 bridgehead atoms. The van der Waals surface area contributed by atoms with Crippen molar-refractivity contribution in [2.45, 2.75) is 51.9 Å². The highest BCUT2D eigenvalue weighted by molar-refractivity contribution is 6.00. The van der Waals surface area contributed by atoms with Crippen LogP contribution in [0.1, 0.15) is 60.5 Å². The molecule has 0 aromatic heterocycles. The molecule has 0 unspecified atom stereocenters. The summed E-state index contributed by atoms with van der Waals surface area (Å²) in [6.07, 6.45) is 8.19. The Labute approximate surface area is 103 Å². The molecule has 1 aromatic carbocycles. The van der Waals surface area contributed by atoms with Crippen molar-refractivity contribution in [3.8, 4) is 0 Å². The van der Waals surface area contributed by atoms with Crippen molar-refractivity contribution in [3.05, 3.63) is 34.9 Å². The van der Waals surface area contributed by atoms with Crippen LogP contribution in [0.5, 0.6) is 0 Å². The zero-order valence-electron chi connectivity index (χ0n) is 10.6. The number of benzene rings is 1. The molecular weight excluding hydrogens is 208 g/mol. The van der Waals surface area contributed by atoms with E-state index in [-0.39, 0.29) is 5.41 Å². The summed E-state index contributed by atoms with van der Waals surface area (Å²) in [4.78, 5) is 12.6. The second kappa shape index (κ2) is 3.97. The average molecular weight is 228 g/mol. The van der Waals surface area contributed by atoms with E-state index < -0.39 is 0 Å². The van der Waals surface area contributed by atoms with Crippen molar-refractivity contribution < 1.29 is 4.79 Å². The molecule has 17 heavy (non-hydrogen) atoms. The van der Waals surface area contributed by atoms with Gasteiger partial charge in [-0.15, -0.1) is 0 Å². The minimum Gasteiger partial charge on any atom is -0.294 e. The maximum atomic E-state index is 12.6. The summed E-state index contributed by atoms with van der Waals surface area (Å²) < 4.78 is 0. The van der Waals surface area contributed by atoms with Gasteiger partial charge in [-0.25, -0.2) is 0 Å². The van der Waals surface area contributed by atoms with Crippen molar-refractivity contribution in [1.29, 1.82) is 0 Å². The van der Waals surface area contributed by atoms with Gasteiger partial charge >= 0.3 is 0 Å². The van der Waals surface area contributed by atoms with E-state index in [1.54, 1.807) is 0 Å². The fourth-order valence-electron chi connectivity index (χ4n) is 3.44. The van der Waals surface area contributed by atoms with Gasteiger partial charge in [0.1, 0.15) is 0 Å². The van der Waals surface area contributed by atoms with E-state index in [0.717, 1.165) is 24.8 Å². The zero-order chi connectivity index (χ0) is 11.9. The number of ketones is 1. The van der Waals surface area contributed by atoms with Gasteiger partial charge in [0.2, 0.25) is 0 Å². The Hall–Kier alpha value is -1.11. The topological polar surface area (TPSA) is 17.1 Å². The van der Waals surface area contributed by atoms with Crippen molar-refractivity contribution in [2.75, 3.05) is 0 Å². The lowest BCUT2D eigenvalue weighted by molar-refractivity contribution is 0.0823. The van der Waals surface area contributed by atoms with Gasteiger partial charge in [-0.3, -0.25) is 4.79 Å². The highest BCUT2D eigenvalue weighted by Gasteiger charge is 2.36. The number of Topliss-reactive ketones (excluding diaryl/α,β-unsaturated/α-hetero) is 1. The predicted octanol–water partition coefficient (Wildman–Crippen LogP) is 3.94. The molecule has 0 atom stereocenters. The van der Waals surface area contributed by atoms with Crippen molar-refractivity contribution >= 4 is 5.78 Å². The van der Waals surface area contributed by atoms with E-state index in [2.05, 4.69) is 25.1 Å². The van der Waals surface area contributed by atoms with Crippen molar-refractivity contribution in [2.24, 2.45) is 5.41 Å². The lowest BCUT2D eigenvalue weighted by atomic mass is 9.80. The molecule has 3 rings (SSSR count). The molecule has 0 N–H and O–H groups in total. The van der Waals surface area contributed by atoms with Crippen LogP contribution in [-0.2, 0) is 12.8 Å². The minimum atomic E-state index is -0.0765. The number of fused-ring (bicyclic) bond motifs is 1. The predicted molar refractivity (Wildman–Crippen MR) is 69.4 cm³/mol. The third kappa shape index (κ3) is 1.82. The first kappa shape index (κ1) is 11.0. The van der Waals surface area contributed by atoms with Crippen LogP contribution in [0.15, 0.2) is 18.2 Å². The van der Waals surface area contributed by atoms with Crippen LogP contribution in [0.2, 0.25) is 0 Å². The van der Waals surface area contributed by atoms with Crippen LogP contribution in [0.4, 0.5) is 0 Å². The Morgan fingerprint density at radius 2 is 1.76 bits per heavy atom. The van der Waals surface area contributed by atoms with Crippen molar-refractivity contribution in [3.63, 3.8) is 0 Å². The summed E-state index contributed by atoms with van der Waals surface area (Å²) in [6.45, 7) is 2.15. The van der Waals surface area contributed by atoms with E-state index in [1.165, 1.54) is 36.8 Å². The summed E-state index contributed by atoms with van der Waals surface area (Å²) in [6, 6.07) is 6.39. The first-order chi connectivity index (χ1) is 8.19. The van der Waals surface area contributed by atoms with Gasteiger partial charge < -0.3 is 0 Å². The van der Waals surface area contributed by atoms with Gasteiger partial charge in [-0.05, 0) is 49.3 Å².